The van der Waals surface area contributed by atoms with E-state index in [9.17, 15) is 0 Å². The molecule has 2 heterocycles. The molecule has 34 heavy (non-hydrogen) atoms. The van der Waals surface area contributed by atoms with E-state index in [0.29, 0.717) is 0 Å². The van der Waals surface area contributed by atoms with Gasteiger partial charge in [-0.3, -0.25) is 0 Å². The second kappa shape index (κ2) is 7.59. The summed E-state index contributed by atoms with van der Waals surface area (Å²) >= 11 is 0. The molecule has 0 atom stereocenters. The average molecular weight is 446 g/mol. The minimum absolute atomic E-state index is 0.353. The fourth-order valence-electron chi connectivity index (χ4n) is 4.64. The standard InChI is InChI=1S/C30H27BO3/c1-29(2)30(3,4)34-31(33-29)23-16-14-20(15-17-23)22-18-25(21-10-6-5-7-11-21)28-26(19-22)24-12-8-9-13-27(24)32-28/h5-19H,1-4H3. The fourth-order valence-corrected chi connectivity index (χ4v) is 4.64. The first-order chi connectivity index (χ1) is 16.3. The van der Waals surface area contributed by atoms with Gasteiger partial charge in [-0.2, -0.15) is 0 Å². The molecule has 6 rings (SSSR count). The smallest absolute Gasteiger partial charge is 0.455 e. The molecule has 0 spiro atoms. The Morgan fingerprint density at radius 3 is 1.94 bits per heavy atom. The van der Waals surface area contributed by atoms with Gasteiger partial charge >= 0.3 is 7.12 Å². The van der Waals surface area contributed by atoms with Crippen LogP contribution in [0.3, 0.4) is 0 Å². The first-order valence-electron chi connectivity index (χ1n) is 11.8. The number of hydrogen-bond donors (Lipinski definition) is 0. The maximum Gasteiger partial charge on any atom is 0.494 e. The van der Waals surface area contributed by atoms with Crippen LogP contribution in [0.15, 0.2) is 95.4 Å². The van der Waals surface area contributed by atoms with Crippen LogP contribution in [0.25, 0.3) is 44.2 Å². The number of rotatable bonds is 3. The van der Waals surface area contributed by atoms with Crippen molar-refractivity contribution in [3.63, 3.8) is 0 Å². The van der Waals surface area contributed by atoms with Crippen molar-refractivity contribution in [3.8, 4) is 22.3 Å². The maximum absolute atomic E-state index is 6.32. The summed E-state index contributed by atoms with van der Waals surface area (Å²) in [6.07, 6.45) is 0. The third kappa shape index (κ3) is 3.37. The zero-order valence-corrected chi connectivity index (χ0v) is 20.0. The molecule has 3 nitrogen and oxygen atoms in total. The van der Waals surface area contributed by atoms with E-state index in [-0.39, 0.29) is 18.3 Å². The Bertz CT molecular complexity index is 1480. The Morgan fingerprint density at radius 2 is 1.24 bits per heavy atom. The summed E-state index contributed by atoms with van der Waals surface area (Å²) in [5.41, 5.74) is 6.68. The van der Waals surface area contributed by atoms with E-state index in [2.05, 4.69) is 100 Å². The van der Waals surface area contributed by atoms with E-state index in [1.54, 1.807) is 0 Å². The topological polar surface area (TPSA) is 31.6 Å². The minimum atomic E-state index is -0.362. The molecule has 1 aliphatic rings. The molecule has 0 bridgehead atoms. The Balaban J connectivity index is 1.46. The quantitative estimate of drug-likeness (QED) is 0.274. The van der Waals surface area contributed by atoms with Crippen LogP contribution < -0.4 is 5.46 Å². The van der Waals surface area contributed by atoms with Crippen LogP contribution in [-0.2, 0) is 9.31 Å². The van der Waals surface area contributed by atoms with Crippen molar-refractivity contribution in [1.29, 1.82) is 0 Å². The predicted molar refractivity (Wildman–Crippen MR) is 140 cm³/mol. The molecule has 0 amide bonds. The van der Waals surface area contributed by atoms with Gasteiger partial charge in [-0.1, -0.05) is 72.8 Å². The van der Waals surface area contributed by atoms with E-state index in [1.165, 1.54) is 0 Å². The Labute approximate surface area is 200 Å². The summed E-state index contributed by atoms with van der Waals surface area (Å²) in [5, 5.41) is 2.26. The van der Waals surface area contributed by atoms with Crippen LogP contribution in [-0.4, -0.2) is 18.3 Å². The molecule has 0 unspecified atom stereocenters. The van der Waals surface area contributed by atoms with Gasteiger partial charge in [-0.25, -0.2) is 0 Å². The molecule has 4 aromatic carbocycles. The number of benzene rings is 4. The van der Waals surface area contributed by atoms with E-state index in [0.717, 1.165) is 49.7 Å². The van der Waals surface area contributed by atoms with Crippen LogP contribution >= 0.6 is 0 Å². The molecule has 5 aromatic rings. The molecule has 168 valence electrons. The molecular formula is C30H27BO3. The van der Waals surface area contributed by atoms with Gasteiger partial charge in [-0.15, -0.1) is 0 Å². The zero-order valence-electron chi connectivity index (χ0n) is 20.0. The molecule has 0 aliphatic carbocycles. The summed E-state index contributed by atoms with van der Waals surface area (Å²) in [6, 6.07) is 31.6. The molecule has 1 aliphatic heterocycles. The summed E-state index contributed by atoms with van der Waals surface area (Å²) < 4.78 is 18.8. The van der Waals surface area contributed by atoms with E-state index in [4.69, 9.17) is 13.7 Å². The van der Waals surface area contributed by atoms with Crippen molar-refractivity contribution in [1.82, 2.24) is 0 Å². The van der Waals surface area contributed by atoms with Crippen molar-refractivity contribution in [2.75, 3.05) is 0 Å². The molecule has 1 saturated heterocycles. The highest BCUT2D eigenvalue weighted by molar-refractivity contribution is 6.62. The summed E-state index contributed by atoms with van der Waals surface area (Å²) in [5.74, 6) is 0. The monoisotopic (exact) mass is 446 g/mol. The normalized spacial score (nSPS) is 17.0. The summed E-state index contributed by atoms with van der Waals surface area (Å²) in [4.78, 5) is 0. The maximum atomic E-state index is 6.32. The number of para-hydroxylation sites is 1. The second-order valence-electron chi connectivity index (χ2n) is 10.1. The molecule has 0 radical (unpaired) electrons. The minimum Gasteiger partial charge on any atom is -0.455 e. The predicted octanol–water partition coefficient (Wildman–Crippen LogP) is 7.22. The van der Waals surface area contributed by atoms with E-state index < -0.39 is 0 Å². The van der Waals surface area contributed by atoms with Crippen LogP contribution in [0, 0.1) is 0 Å². The van der Waals surface area contributed by atoms with Gasteiger partial charge in [0.2, 0.25) is 0 Å². The van der Waals surface area contributed by atoms with Gasteiger partial charge in [0.15, 0.2) is 0 Å². The van der Waals surface area contributed by atoms with Crippen molar-refractivity contribution < 1.29 is 13.7 Å². The van der Waals surface area contributed by atoms with Crippen LogP contribution in [0.2, 0.25) is 0 Å². The van der Waals surface area contributed by atoms with E-state index in [1.807, 2.05) is 18.2 Å². The zero-order chi connectivity index (χ0) is 23.5. The SMILES string of the molecule is CC1(C)OB(c2ccc(-c3cc(-c4ccccc4)c4oc5ccccc5c4c3)cc2)OC1(C)C. The highest BCUT2D eigenvalue weighted by Crippen LogP contribution is 2.40. The third-order valence-corrected chi connectivity index (χ3v) is 7.33. The lowest BCUT2D eigenvalue weighted by Crippen LogP contribution is -2.41. The Morgan fingerprint density at radius 1 is 0.588 bits per heavy atom. The largest absolute Gasteiger partial charge is 0.494 e. The fraction of sp³-hybridized carbons (Fsp3) is 0.200. The highest BCUT2D eigenvalue weighted by Gasteiger charge is 2.51. The summed E-state index contributed by atoms with van der Waals surface area (Å²) in [7, 11) is -0.362. The van der Waals surface area contributed by atoms with Crippen LogP contribution in [0.4, 0.5) is 0 Å². The van der Waals surface area contributed by atoms with Gasteiger partial charge in [0.25, 0.3) is 0 Å². The third-order valence-electron chi connectivity index (χ3n) is 7.33. The lowest BCUT2D eigenvalue weighted by atomic mass is 9.78. The van der Waals surface area contributed by atoms with Gasteiger partial charge in [0.05, 0.1) is 11.2 Å². The van der Waals surface area contributed by atoms with Crippen molar-refractivity contribution in [2.45, 2.75) is 38.9 Å². The van der Waals surface area contributed by atoms with E-state index >= 15 is 0 Å². The number of hydrogen-bond acceptors (Lipinski definition) is 3. The van der Waals surface area contributed by atoms with Gasteiger partial charge in [-0.05, 0) is 68.0 Å². The van der Waals surface area contributed by atoms with Crippen LogP contribution in [0.1, 0.15) is 27.7 Å². The van der Waals surface area contributed by atoms with Crippen LogP contribution in [0.5, 0.6) is 0 Å². The van der Waals surface area contributed by atoms with Gasteiger partial charge < -0.3 is 13.7 Å². The van der Waals surface area contributed by atoms with Crippen molar-refractivity contribution >= 4 is 34.5 Å². The summed E-state index contributed by atoms with van der Waals surface area (Å²) in [6.45, 7) is 8.32. The molecule has 4 heteroatoms. The second-order valence-corrected chi connectivity index (χ2v) is 10.1. The lowest BCUT2D eigenvalue weighted by molar-refractivity contribution is 0.00578. The van der Waals surface area contributed by atoms with Gasteiger partial charge in [0, 0.05) is 16.3 Å². The molecule has 1 aromatic heterocycles. The van der Waals surface area contributed by atoms with Crippen molar-refractivity contribution in [2.24, 2.45) is 0 Å². The van der Waals surface area contributed by atoms with Gasteiger partial charge in [0.1, 0.15) is 11.2 Å². The highest BCUT2D eigenvalue weighted by atomic mass is 16.7. The number of fused-ring (bicyclic) bond motifs is 3. The number of furan rings is 1. The average Bonchev–Trinajstić information content (AvgIpc) is 3.32. The first kappa shape index (κ1) is 21.2. The first-order valence-corrected chi connectivity index (χ1v) is 11.8. The molecule has 0 N–H and O–H groups in total. The molecule has 1 fully saturated rings. The molecular weight excluding hydrogens is 419 g/mol. The lowest BCUT2D eigenvalue weighted by Gasteiger charge is -2.32. The van der Waals surface area contributed by atoms with Crippen molar-refractivity contribution in [3.05, 3.63) is 91.0 Å². The molecule has 0 saturated carbocycles. The Hall–Kier alpha value is -3.34. The Kier molecular flexibility index (Phi) is 4.74.